The van der Waals surface area contributed by atoms with Gasteiger partial charge in [-0.3, -0.25) is 9.88 Å². The van der Waals surface area contributed by atoms with Crippen LogP contribution in [0.4, 0.5) is 10.9 Å². The van der Waals surface area contributed by atoms with Gasteiger partial charge in [0, 0.05) is 25.0 Å². The molecule has 8 heteroatoms. The number of nitrogens with one attached hydrogen (secondary N) is 1. The van der Waals surface area contributed by atoms with Crippen molar-refractivity contribution >= 4 is 22.3 Å². The zero-order valence-corrected chi connectivity index (χ0v) is 16.4. The lowest BCUT2D eigenvalue weighted by atomic mass is 10.1. The number of hydrogen-bond donors (Lipinski definition) is 1. The summed E-state index contributed by atoms with van der Waals surface area (Å²) in [5.41, 5.74) is 2.29. The van der Waals surface area contributed by atoms with E-state index in [2.05, 4.69) is 43.4 Å². The quantitative estimate of drug-likeness (QED) is 0.698. The molecule has 0 saturated carbocycles. The normalized spacial score (nSPS) is 17.3. The number of likely N-dealkylation sites (tertiary alicyclic amines) is 1. The number of pyridine rings is 1. The van der Waals surface area contributed by atoms with Gasteiger partial charge >= 0.3 is 0 Å². The van der Waals surface area contributed by atoms with Crippen molar-refractivity contribution in [2.45, 2.75) is 45.7 Å². The second-order valence-corrected chi connectivity index (χ2v) is 7.76. The molecule has 0 aliphatic carbocycles. The lowest BCUT2D eigenvalue weighted by Gasteiger charge is -2.24. The van der Waals surface area contributed by atoms with E-state index in [4.69, 9.17) is 4.98 Å². The highest BCUT2D eigenvalue weighted by Gasteiger charge is 2.28. The molecular formula is C19H23N7S. The molecule has 1 fully saturated rings. The lowest BCUT2D eigenvalue weighted by molar-refractivity contribution is 0.244. The molecule has 4 heterocycles. The van der Waals surface area contributed by atoms with E-state index in [9.17, 15) is 0 Å². The fourth-order valence-electron chi connectivity index (χ4n) is 3.46. The van der Waals surface area contributed by atoms with Crippen LogP contribution in [0.15, 0.2) is 30.6 Å². The van der Waals surface area contributed by atoms with Crippen molar-refractivity contribution in [2.24, 2.45) is 0 Å². The predicted octanol–water partition coefficient (Wildman–Crippen LogP) is 3.67. The van der Waals surface area contributed by atoms with Crippen LogP contribution >= 0.6 is 11.3 Å². The highest BCUT2D eigenvalue weighted by atomic mass is 32.1. The first-order valence-corrected chi connectivity index (χ1v) is 10.1. The number of aryl methyl sites for hydroxylation is 2. The first-order valence-electron chi connectivity index (χ1n) is 9.29. The molecule has 0 radical (unpaired) electrons. The fourth-order valence-corrected chi connectivity index (χ4v) is 4.14. The molecule has 0 aromatic carbocycles. The van der Waals surface area contributed by atoms with Crippen molar-refractivity contribution in [3.8, 4) is 0 Å². The highest BCUT2D eigenvalue weighted by Crippen LogP contribution is 2.33. The summed E-state index contributed by atoms with van der Waals surface area (Å²) < 4.78 is 0. The Hall–Kier alpha value is -2.45. The van der Waals surface area contributed by atoms with Crippen LogP contribution in [-0.2, 0) is 13.0 Å². The van der Waals surface area contributed by atoms with Gasteiger partial charge < -0.3 is 5.32 Å². The predicted molar refractivity (Wildman–Crippen MR) is 106 cm³/mol. The SMILES string of the molecule is CCc1nnc(Nc2cc(C3CCCN3Cc3cccnc3)nc(C)n2)s1. The summed E-state index contributed by atoms with van der Waals surface area (Å²) >= 11 is 1.56. The molecule has 1 N–H and O–H groups in total. The van der Waals surface area contributed by atoms with E-state index >= 15 is 0 Å². The zero-order chi connectivity index (χ0) is 18.6. The molecular weight excluding hydrogens is 358 g/mol. The summed E-state index contributed by atoms with van der Waals surface area (Å²) in [6.07, 6.45) is 6.92. The molecule has 4 rings (SSSR count). The van der Waals surface area contributed by atoms with E-state index in [0.29, 0.717) is 6.04 Å². The molecule has 1 aliphatic heterocycles. The summed E-state index contributed by atoms with van der Waals surface area (Å²) in [7, 11) is 0. The molecule has 0 spiro atoms. The van der Waals surface area contributed by atoms with Crippen molar-refractivity contribution in [1.82, 2.24) is 30.0 Å². The van der Waals surface area contributed by atoms with Crippen molar-refractivity contribution in [2.75, 3.05) is 11.9 Å². The summed E-state index contributed by atoms with van der Waals surface area (Å²) in [5.74, 6) is 1.55. The third kappa shape index (κ3) is 4.28. The standard InChI is InChI=1S/C19H23N7S/c1-3-18-24-25-19(27-18)23-17-10-15(21-13(2)22-17)16-7-5-9-26(16)12-14-6-4-8-20-11-14/h4,6,8,10-11,16H,3,5,7,9,12H2,1-2H3,(H,21,22,23,25). The first kappa shape index (κ1) is 17.9. The van der Waals surface area contributed by atoms with Gasteiger partial charge in [-0.15, -0.1) is 10.2 Å². The minimum atomic E-state index is 0.299. The average molecular weight is 382 g/mol. The van der Waals surface area contributed by atoms with Crippen LogP contribution in [0.3, 0.4) is 0 Å². The van der Waals surface area contributed by atoms with E-state index in [-0.39, 0.29) is 0 Å². The number of rotatable bonds is 6. The second kappa shape index (κ2) is 8.06. The molecule has 1 saturated heterocycles. The Balaban J connectivity index is 1.54. The zero-order valence-electron chi connectivity index (χ0n) is 15.6. The number of aromatic nitrogens is 5. The molecule has 3 aromatic rings. The van der Waals surface area contributed by atoms with Crippen LogP contribution in [0, 0.1) is 6.92 Å². The number of hydrogen-bond acceptors (Lipinski definition) is 8. The Morgan fingerprint density at radius 1 is 1.30 bits per heavy atom. The third-order valence-corrected chi connectivity index (χ3v) is 5.66. The maximum absolute atomic E-state index is 4.73. The Morgan fingerprint density at radius 2 is 2.22 bits per heavy atom. The lowest BCUT2D eigenvalue weighted by Crippen LogP contribution is -2.24. The molecule has 1 atom stereocenters. The van der Waals surface area contributed by atoms with E-state index in [1.54, 1.807) is 11.3 Å². The maximum Gasteiger partial charge on any atom is 0.211 e. The molecule has 0 amide bonds. The smallest absolute Gasteiger partial charge is 0.211 e. The Kier molecular flexibility index (Phi) is 5.35. The minimum absolute atomic E-state index is 0.299. The molecule has 140 valence electrons. The molecule has 1 unspecified atom stereocenters. The van der Waals surface area contributed by atoms with Gasteiger partial charge in [0.1, 0.15) is 16.6 Å². The van der Waals surface area contributed by atoms with Crippen LogP contribution < -0.4 is 5.32 Å². The van der Waals surface area contributed by atoms with Crippen LogP contribution in [0.25, 0.3) is 0 Å². The van der Waals surface area contributed by atoms with Crippen molar-refractivity contribution in [3.63, 3.8) is 0 Å². The summed E-state index contributed by atoms with van der Waals surface area (Å²) in [6.45, 7) is 5.98. The third-order valence-electron chi connectivity index (χ3n) is 4.68. The Morgan fingerprint density at radius 3 is 3.00 bits per heavy atom. The van der Waals surface area contributed by atoms with Crippen LogP contribution in [0.1, 0.15) is 47.9 Å². The van der Waals surface area contributed by atoms with Gasteiger partial charge in [-0.25, -0.2) is 9.97 Å². The van der Waals surface area contributed by atoms with Gasteiger partial charge in [-0.1, -0.05) is 24.3 Å². The van der Waals surface area contributed by atoms with Gasteiger partial charge in [0.2, 0.25) is 5.13 Å². The molecule has 3 aromatic heterocycles. The van der Waals surface area contributed by atoms with Gasteiger partial charge in [0.15, 0.2) is 0 Å². The van der Waals surface area contributed by atoms with E-state index in [1.807, 2.05) is 31.5 Å². The van der Waals surface area contributed by atoms with E-state index in [0.717, 1.165) is 53.4 Å². The van der Waals surface area contributed by atoms with Crippen molar-refractivity contribution in [1.29, 1.82) is 0 Å². The monoisotopic (exact) mass is 381 g/mol. The number of nitrogens with zero attached hydrogens (tertiary/aromatic N) is 6. The number of anilines is 2. The summed E-state index contributed by atoms with van der Waals surface area (Å²) in [6, 6.07) is 6.46. The molecule has 27 heavy (non-hydrogen) atoms. The molecule has 1 aliphatic rings. The van der Waals surface area contributed by atoms with Crippen molar-refractivity contribution < 1.29 is 0 Å². The van der Waals surface area contributed by atoms with Crippen LogP contribution in [0.2, 0.25) is 0 Å². The second-order valence-electron chi connectivity index (χ2n) is 6.69. The summed E-state index contributed by atoms with van der Waals surface area (Å²) in [5, 5.41) is 13.4. The Bertz CT molecular complexity index is 896. The fraction of sp³-hybridized carbons (Fsp3) is 0.421. The molecule has 7 nitrogen and oxygen atoms in total. The minimum Gasteiger partial charge on any atom is -0.315 e. The largest absolute Gasteiger partial charge is 0.315 e. The average Bonchev–Trinajstić information content (AvgIpc) is 3.31. The van der Waals surface area contributed by atoms with Gasteiger partial charge in [0.25, 0.3) is 0 Å². The Labute approximate surface area is 162 Å². The topological polar surface area (TPSA) is 79.7 Å². The first-order chi connectivity index (χ1) is 13.2. The van der Waals surface area contributed by atoms with Gasteiger partial charge in [0.05, 0.1) is 11.7 Å². The van der Waals surface area contributed by atoms with Crippen molar-refractivity contribution in [3.05, 3.63) is 52.7 Å². The van der Waals surface area contributed by atoms with E-state index < -0.39 is 0 Å². The highest BCUT2D eigenvalue weighted by molar-refractivity contribution is 7.15. The van der Waals surface area contributed by atoms with E-state index in [1.165, 1.54) is 12.0 Å². The maximum atomic E-state index is 4.73. The summed E-state index contributed by atoms with van der Waals surface area (Å²) in [4.78, 5) is 16.0. The molecule has 0 bridgehead atoms. The van der Waals surface area contributed by atoms with Gasteiger partial charge in [-0.2, -0.15) is 0 Å². The van der Waals surface area contributed by atoms with Crippen LogP contribution in [-0.4, -0.2) is 36.6 Å². The van der Waals surface area contributed by atoms with Crippen LogP contribution in [0.5, 0.6) is 0 Å². The van der Waals surface area contributed by atoms with Gasteiger partial charge in [-0.05, 0) is 44.4 Å².